The maximum absolute atomic E-state index is 13.2. The first-order valence-electron chi connectivity index (χ1n) is 14.0. The Morgan fingerprint density at radius 2 is 1.79 bits per heavy atom. The number of nitrogens with one attached hydrogen (secondary N) is 1. The van der Waals surface area contributed by atoms with Crippen LogP contribution in [-0.4, -0.2) is 70.0 Å². The van der Waals surface area contributed by atoms with Crippen LogP contribution in [0.25, 0.3) is 0 Å². The minimum atomic E-state index is -3.90. The van der Waals surface area contributed by atoms with Crippen molar-refractivity contribution in [1.29, 1.82) is 0 Å². The molecule has 1 aliphatic rings. The molecule has 0 spiro atoms. The van der Waals surface area contributed by atoms with Gasteiger partial charge in [-0.15, -0.1) is 6.42 Å². The number of methoxy groups -OCH3 is 1. The van der Waals surface area contributed by atoms with Crippen LogP contribution < -0.4 is 10.1 Å². The van der Waals surface area contributed by atoms with Gasteiger partial charge in [-0.2, -0.15) is 4.31 Å². The normalized spacial score (nSPS) is 16.6. The summed E-state index contributed by atoms with van der Waals surface area (Å²) in [6.07, 6.45) is 7.54. The minimum Gasteiger partial charge on any atom is -0.497 e. The quantitative estimate of drug-likeness (QED) is 0.271. The third-order valence-electron chi connectivity index (χ3n) is 7.02. The summed E-state index contributed by atoms with van der Waals surface area (Å²) in [4.78, 5) is 13.2. The molecule has 0 unspecified atom stereocenters. The van der Waals surface area contributed by atoms with Crippen molar-refractivity contribution in [2.45, 2.75) is 29.9 Å². The largest absolute Gasteiger partial charge is 0.497 e. The lowest BCUT2D eigenvalue weighted by Gasteiger charge is -2.30. The predicted octanol–water partition coefficient (Wildman–Crippen LogP) is 3.45. The number of benzene rings is 3. The molecule has 0 saturated carbocycles. The Bertz CT molecular complexity index is 1520. The average molecular weight is 605 g/mol. The van der Waals surface area contributed by atoms with E-state index in [2.05, 4.69) is 11.2 Å². The molecule has 0 saturated heterocycles. The van der Waals surface area contributed by atoms with E-state index in [0.717, 1.165) is 21.0 Å². The SMILES string of the molecule is C#Cc1ccc([C@@H]2C=C(C(=O)NCCc3ccccc3)O[C@H](OCCN(CCO)S(=O)(=O)c3ccc(OC)cc3)C2)cc1. The van der Waals surface area contributed by atoms with E-state index in [1.165, 1.54) is 19.2 Å². The lowest BCUT2D eigenvalue weighted by molar-refractivity contribution is -0.146. The summed E-state index contributed by atoms with van der Waals surface area (Å²) in [5.41, 5.74) is 2.79. The van der Waals surface area contributed by atoms with Gasteiger partial charge >= 0.3 is 0 Å². The van der Waals surface area contributed by atoms with Crippen molar-refractivity contribution in [3.63, 3.8) is 0 Å². The summed E-state index contributed by atoms with van der Waals surface area (Å²) < 4.78 is 44.7. The maximum atomic E-state index is 13.2. The molecule has 43 heavy (non-hydrogen) atoms. The molecular formula is C33H36N2O7S. The fourth-order valence-electron chi connectivity index (χ4n) is 4.68. The fourth-order valence-corrected chi connectivity index (χ4v) is 6.09. The molecule has 0 bridgehead atoms. The van der Waals surface area contributed by atoms with Crippen molar-refractivity contribution in [2.24, 2.45) is 0 Å². The van der Waals surface area contributed by atoms with Gasteiger partial charge in [-0.1, -0.05) is 48.4 Å². The van der Waals surface area contributed by atoms with Crippen molar-refractivity contribution in [3.8, 4) is 18.1 Å². The maximum Gasteiger partial charge on any atom is 0.286 e. The van der Waals surface area contributed by atoms with Crippen LogP contribution in [-0.2, 0) is 30.7 Å². The first-order valence-corrected chi connectivity index (χ1v) is 15.4. The molecule has 3 aromatic carbocycles. The van der Waals surface area contributed by atoms with Crippen molar-refractivity contribution in [1.82, 2.24) is 9.62 Å². The van der Waals surface area contributed by atoms with E-state index in [9.17, 15) is 18.3 Å². The second kappa shape index (κ2) is 15.4. The van der Waals surface area contributed by atoms with E-state index in [4.69, 9.17) is 20.6 Å². The number of allylic oxidation sites excluding steroid dienone is 1. The Hall–Kier alpha value is -4.14. The van der Waals surface area contributed by atoms with Crippen LogP contribution in [0.15, 0.2) is 95.6 Å². The van der Waals surface area contributed by atoms with Crippen LogP contribution in [0.3, 0.4) is 0 Å². The van der Waals surface area contributed by atoms with Crippen LogP contribution in [0.5, 0.6) is 5.75 Å². The number of sulfonamides is 1. The van der Waals surface area contributed by atoms with Gasteiger partial charge in [0.15, 0.2) is 5.76 Å². The Kier molecular flexibility index (Phi) is 11.4. The zero-order chi connectivity index (χ0) is 30.7. The molecule has 0 aliphatic carbocycles. The topological polar surface area (TPSA) is 114 Å². The third kappa shape index (κ3) is 8.69. The van der Waals surface area contributed by atoms with Crippen LogP contribution in [0, 0.1) is 12.3 Å². The second-order valence-electron chi connectivity index (χ2n) is 9.85. The number of rotatable bonds is 14. The summed E-state index contributed by atoms with van der Waals surface area (Å²) >= 11 is 0. The molecule has 1 heterocycles. The van der Waals surface area contributed by atoms with Crippen LogP contribution in [0.4, 0.5) is 0 Å². The van der Waals surface area contributed by atoms with E-state index in [0.29, 0.717) is 25.1 Å². The summed E-state index contributed by atoms with van der Waals surface area (Å²) in [7, 11) is -2.41. The van der Waals surface area contributed by atoms with Crippen LogP contribution in [0.2, 0.25) is 0 Å². The predicted molar refractivity (Wildman–Crippen MR) is 163 cm³/mol. The number of ether oxygens (including phenoxy) is 3. The summed E-state index contributed by atoms with van der Waals surface area (Å²) in [6.45, 7) is -0.0935. The molecule has 9 nitrogen and oxygen atoms in total. The molecule has 10 heteroatoms. The van der Waals surface area contributed by atoms with Gasteiger partial charge in [0.2, 0.25) is 16.3 Å². The molecular weight excluding hydrogens is 568 g/mol. The van der Waals surface area contributed by atoms with Crippen molar-refractivity contribution in [3.05, 3.63) is 107 Å². The molecule has 2 atom stereocenters. The number of hydrogen-bond acceptors (Lipinski definition) is 7. The van der Waals surface area contributed by atoms with Crippen molar-refractivity contribution >= 4 is 15.9 Å². The molecule has 0 aromatic heterocycles. The van der Waals surface area contributed by atoms with Gasteiger partial charge < -0.3 is 24.6 Å². The smallest absolute Gasteiger partial charge is 0.286 e. The zero-order valence-corrected chi connectivity index (χ0v) is 24.8. The monoisotopic (exact) mass is 604 g/mol. The lowest BCUT2D eigenvalue weighted by Crippen LogP contribution is -2.38. The number of carbonyl (C=O) groups excluding carboxylic acids is 1. The summed E-state index contributed by atoms with van der Waals surface area (Å²) in [5.74, 6) is 2.70. The Balaban J connectivity index is 1.43. The molecule has 226 valence electrons. The number of carbonyl (C=O) groups is 1. The molecule has 1 amide bonds. The highest BCUT2D eigenvalue weighted by Crippen LogP contribution is 2.32. The van der Waals surface area contributed by atoms with E-state index < -0.39 is 16.3 Å². The Morgan fingerprint density at radius 1 is 1.07 bits per heavy atom. The lowest BCUT2D eigenvalue weighted by atomic mass is 9.92. The van der Waals surface area contributed by atoms with Crippen molar-refractivity contribution in [2.75, 3.05) is 40.0 Å². The van der Waals surface area contributed by atoms with Gasteiger partial charge in [0.25, 0.3) is 5.91 Å². The standard InChI is InChI=1S/C33H36N2O7S/c1-3-25-9-11-27(12-10-25)28-23-31(33(37)34-18-17-26-7-5-4-6-8-26)42-32(24-28)41-22-20-35(19-21-36)43(38,39)30-15-13-29(40-2)14-16-30/h1,4-16,23,28,32,36H,17-22,24H2,2H3,(H,34,37)/t28-,32+/m1/s1. The number of amides is 1. The third-order valence-corrected chi connectivity index (χ3v) is 8.93. The van der Waals surface area contributed by atoms with E-state index in [1.807, 2.05) is 54.6 Å². The van der Waals surface area contributed by atoms with Gasteiger partial charge in [-0.05, 0) is 60.0 Å². The van der Waals surface area contributed by atoms with Gasteiger partial charge in [-0.25, -0.2) is 8.42 Å². The first kappa shape index (κ1) is 31.8. The molecule has 4 rings (SSSR count). The van der Waals surface area contributed by atoms with Gasteiger partial charge in [0.05, 0.1) is 25.2 Å². The first-order chi connectivity index (χ1) is 20.8. The molecule has 0 radical (unpaired) electrons. The van der Waals surface area contributed by atoms with Crippen LogP contribution >= 0.6 is 0 Å². The van der Waals surface area contributed by atoms with Gasteiger partial charge in [-0.3, -0.25) is 4.79 Å². The highest BCUT2D eigenvalue weighted by molar-refractivity contribution is 7.89. The average Bonchev–Trinajstić information content (AvgIpc) is 3.04. The highest BCUT2D eigenvalue weighted by atomic mass is 32.2. The molecule has 2 N–H and O–H groups in total. The second-order valence-corrected chi connectivity index (χ2v) is 11.8. The van der Waals surface area contributed by atoms with Crippen molar-refractivity contribution < 1.29 is 32.5 Å². The zero-order valence-electron chi connectivity index (χ0n) is 24.0. The number of aliphatic hydroxyl groups is 1. The Morgan fingerprint density at radius 3 is 2.44 bits per heavy atom. The number of terminal acetylenes is 1. The molecule has 0 fully saturated rings. The number of hydrogen-bond donors (Lipinski definition) is 2. The summed E-state index contributed by atoms with van der Waals surface area (Å²) in [6, 6.07) is 23.4. The van der Waals surface area contributed by atoms with E-state index >= 15 is 0 Å². The number of aliphatic hydroxyl groups excluding tert-OH is 1. The number of nitrogens with zero attached hydrogens (tertiary/aromatic N) is 1. The minimum absolute atomic E-state index is 0.0221. The Labute approximate surface area is 253 Å². The van der Waals surface area contributed by atoms with E-state index in [-0.39, 0.29) is 48.8 Å². The fraction of sp³-hybridized carbons (Fsp3) is 0.303. The highest BCUT2D eigenvalue weighted by Gasteiger charge is 2.30. The molecule has 3 aromatic rings. The van der Waals surface area contributed by atoms with Gasteiger partial charge in [0, 0.05) is 37.5 Å². The van der Waals surface area contributed by atoms with E-state index in [1.54, 1.807) is 18.2 Å². The summed E-state index contributed by atoms with van der Waals surface area (Å²) in [5, 5.41) is 12.5. The van der Waals surface area contributed by atoms with Gasteiger partial charge in [0.1, 0.15) is 5.75 Å². The van der Waals surface area contributed by atoms with Crippen LogP contribution in [0.1, 0.15) is 29.0 Å². The molecule has 1 aliphatic heterocycles.